The second kappa shape index (κ2) is 7.22. The van der Waals surface area contributed by atoms with Gasteiger partial charge in [-0.05, 0) is 35.2 Å². The van der Waals surface area contributed by atoms with Gasteiger partial charge in [0.25, 0.3) is 5.91 Å². The van der Waals surface area contributed by atoms with Crippen molar-refractivity contribution in [3.8, 4) is 5.75 Å². The Morgan fingerprint density at radius 1 is 1.15 bits per heavy atom. The molecule has 0 aromatic heterocycles. The van der Waals surface area contributed by atoms with Crippen molar-refractivity contribution in [3.05, 3.63) is 42.5 Å². The van der Waals surface area contributed by atoms with Gasteiger partial charge in [0.05, 0.1) is 0 Å². The molecule has 1 saturated heterocycles. The summed E-state index contributed by atoms with van der Waals surface area (Å²) in [4.78, 5) is 14.4. The number of benzene rings is 2. The average Bonchev–Trinajstić information content (AvgIpc) is 2.91. The van der Waals surface area contributed by atoms with Gasteiger partial charge < -0.3 is 10.1 Å². The molecule has 1 aliphatic carbocycles. The second-order valence-corrected chi connectivity index (χ2v) is 7.93. The summed E-state index contributed by atoms with van der Waals surface area (Å²) in [6.45, 7) is 0.243. The normalized spacial score (nSPS) is 23.7. The molecule has 1 amide bonds. The summed E-state index contributed by atoms with van der Waals surface area (Å²) in [6.07, 6.45) is 6.79. The highest BCUT2D eigenvalue weighted by Gasteiger charge is 2.50. The van der Waals surface area contributed by atoms with E-state index in [-0.39, 0.29) is 18.5 Å². The van der Waals surface area contributed by atoms with E-state index < -0.39 is 5.54 Å². The van der Waals surface area contributed by atoms with Crippen LogP contribution in [0.1, 0.15) is 38.5 Å². The Morgan fingerprint density at radius 2 is 1.89 bits per heavy atom. The molecule has 2 aliphatic rings. The van der Waals surface area contributed by atoms with Gasteiger partial charge in [0.2, 0.25) is 0 Å². The maximum atomic E-state index is 13.0. The van der Waals surface area contributed by atoms with Crippen LogP contribution in [0.4, 0.5) is 0 Å². The minimum absolute atomic E-state index is 0.0566. The van der Waals surface area contributed by atoms with Crippen LogP contribution < -0.4 is 10.1 Å². The van der Waals surface area contributed by atoms with E-state index in [9.17, 15) is 4.79 Å². The van der Waals surface area contributed by atoms with Crippen LogP contribution in [0.5, 0.6) is 5.75 Å². The van der Waals surface area contributed by atoms with Crippen LogP contribution in [0, 0.1) is 11.3 Å². The molecule has 5 heteroatoms. The number of hydrogen-bond acceptors (Lipinski definition) is 3. The number of likely N-dealkylation sites (N-methyl/N-ethyl adjacent to an activating group) is 1. The van der Waals surface area contributed by atoms with E-state index in [0.717, 1.165) is 30.4 Å². The molecule has 1 saturated carbocycles. The summed E-state index contributed by atoms with van der Waals surface area (Å²) in [7, 11) is 1.66. The third-order valence-electron chi connectivity index (χ3n) is 5.98. The number of ether oxygens (including phenoxy) is 1. The number of carbonyl (C=O) groups excluding carboxylic acids is 1. The van der Waals surface area contributed by atoms with Crippen molar-refractivity contribution < 1.29 is 9.53 Å². The molecule has 142 valence electrons. The maximum Gasteiger partial charge on any atom is 0.258 e. The highest BCUT2D eigenvalue weighted by molar-refractivity contribution is 6.07. The highest BCUT2D eigenvalue weighted by atomic mass is 16.5. The van der Waals surface area contributed by atoms with E-state index in [4.69, 9.17) is 10.1 Å². The second-order valence-electron chi connectivity index (χ2n) is 7.93. The standard InChI is InChI=1S/C22H27N3O2/c1-25-20(26)22(24-21(25)23,14-16-7-3-2-4-8-16)15-27-19-12-11-17-9-5-6-10-18(17)13-19/h5-6,9-13,16H,2-4,7-8,14-15H2,1H3,(H2,23,24). The first-order chi connectivity index (χ1) is 13.1. The zero-order valence-electron chi connectivity index (χ0n) is 15.8. The van der Waals surface area contributed by atoms with Crippen LogP contribution in [-0.4, -0.2) is 36.0 Å². The SMILES string of the molecule is CN1C(=N)NC(COc2ccc3ccccc3c2)(CC2CCCCC2)C1=O. The number of fused-ring (bicyclic) bond motifs is 1. The lowest BCUT2D eigenvalue weighted by Crippen LogP contribution is -2.53. The lowest BCUT2D eigenvalue weighted by atomic mass is 9.79. The van der Waals surface area contributed by atoms with Crippen LogP contribution in [0.3, 0.4) is 0 Å². The molecule has 1 aliphatic heterocycles. The summed E-state index contributed by atoms with van der Waals surface area (Å²) in [5, 5.41) is 13.5. The minimum atomic E-state index is -0.834. The molecule has 2 aromatic rings. The third kappa shape index (κ3) is 3.51. The quantitative estimate of drug-likeness (QED) is 0.844. The van der Waals surface area contributed by atoms with Gasteiger partial charge in [-0.1, -0.05) is 62.4 Å². The topological polar surface area (TPSA) is 65.4 Å². The zero-order valence-corrected chi connectivity index (χ0v) is 15.8. The molecule has 1 atom stereocenters. The smallest absolute Gasteiger partial charge is 0.258 e. The van der Waals surface area contributed by atoms with Crippen LogP contribution in [0.15, 0.2) is 42.5 Å². The van der Waals surface area contributed by atoms with Crippen LogP contribution in [-0.2, 0) is 4.79 Å². The Labute approximate surface area is 160 Å². The van der Waals surface area contributed by atoms with E-state index in [1.807, 2.05) is 30.3 Å². The van der Waals surface area contributed by atoms with E-state index >= 15 is 0 Å². The van der Waals surface area contributed by atoms with Crippen molar-refractivity contribution >= 4 is 22.6 Å². The van der Waals surface area contributed by atoms with E-state index in [1.54, 1.807) is 7.05 Å². The van der Waals surface area contributed by atoms with Crippen molar-refractivity contribution in [2.75, 3.05) is 13.7 Å². The molecule has 4 rings (SSSR count). The lowest BCUT2D eigenvalue weighted by molar-refractivity contribution is -0.132. The number of nitrogens with one attached hydrogen (secondary N) is 2. The summed E-state index contributed by atoms with van der Waals surface area (Å²) < 4.78 is 6.10. The fourth-order valence-corrected chi connectivity index (χ4v) is 4.43. The van der Waals surface area contributed by atoms with Gasteiger partial charge in [0, 0.05) is 7.05 Å². The van der Waals surface area contributed by atoms with Crippen molar-refractivity contribution in [2.45, 2.75) is 44.1 Å². The fraction of sp³-hybridized carbons (Fsp3) is 0.455. The van der Waals surface area contributed by atoms with Gasteiger partial charge in [-0.3, -0.25) is 15.1 Å². The van der Waals surface area contributed by atoms with Gasteiger partial charge in [0.15, 0.2) is 11.5 Å². The zero-order chi connectivity index (χ0) is 18.9. The van der Waals surface area contributed by atoms with E-state index in [1.165, 1.54) is 29.5 Å². The summed E-state index contributed by atoms with van der Waals surface area (Å²) >= 11 is 0. The third-order valence-corrected chi connectivity index (χ3v) is 5.98. The summed E-state index contributed by atoms with van der Waals surface area (Å²) in [5.74, 6) is 1.37. The van der Waals surface area contributed by atoms with Crippen molar-refractivity contribution in [1.29, 1.82) is 5.41 Å². The first-order valence-electron chi connectivity index (χ1n) is 9.84. The first kappa shape index (κ1) is 17.8. The number of carbonyl (C=O) groups is 1. The Morgan fingerprint density at radius 3 is 2.59 bits per heavy atom. The number of amides is 1. The number of rotatable bonds is 5. The summed E-state index contributed by atoms with van der Waals surface area (Å²) in [6, 6.07) is 14.2. The van der Waals surface area contributed by atoms with Gasteiger partial charge >= 0.3 is 0 Å². The van der Waals surface area contributed by atoms with Gasteiger partial charge in [-0.15, -0.1) is 0 Å². The molecule has 5 nitrogen and oxygen atoms in total. The van der Waals surface area contributed by atoms with Crippen molar-refractivity contribution in [2.24, 2.45) is 5.92 Å². The maximum absolute atomic E-state index is 13.0. The van der Waals surface area contributed by atoms with E-state index in [2.05, 4.69) is 17.4 Å². The molecule has 0 bridgehead atoms. The molecule has 0 spiro atoms. The van der Waals surface area contributed by atoms with Crippen molar-refractivity contribution in [1.82, 2.24) is 10.2 Å². The van der Waals surface area contributed by atoms with Gasteiger partial charge in [-0.25, -0.2) is 0 Å². The number of hydrogen-bond donors (Lipinski definition) is 2. The fourth-order valence-electron chi connectivity index (χ4n) is 4.43. The molecule has 2 aromatic carbocycles. The van der Waals surface area contributed by atoms with Crippen LogP contribution >= 0.6 is 0 Å². The highest BCUT2D eigenvalue weighted by Crippen LogP contribution is 2.34. The predicted octanol–water partition coefficient (Wildman–Crippen LogP) is 3.92. The molecule has 1 heterocycles. The molecule has 2 N–H and O–H groups in total. The van der Waals surface area contributed by atoms with Crippen LogP contribution in [0.25, 0.3) is 10.8 Å². The molecular weight excluding hydrogens is 338 g/mol. The minimum Gasteiger partial charge on any atom is -0.491 e. The Kier molecular flexibility index (Phi) is 4.77. The summed E-state index contributed by atoms with van der Waals surface area (Å²) in [5.41, 5.74) is -0.834. The average molecular weight is 365 g/mol. The molecular formula is C22H27N3O2. The molecule has 1 unspecified atom stereocenters. The van der Waals surface area contributed by atoms with Crippen molar-refractivity contribution in [3.63, 3.8) is 0 Å². The number of nitrogens with zero attached hydrogens (tertiary/aromatic N) is 1. The largest absolute Gasteiger partial charge is 0.491 e. The van der Waals surface area contributed by atoms with Gasteiger partial charge in [0.1, 0.15) is 12.4 Å². The van der Waals surface area contributed by atoms with Gasteiger partial charge in [-0.2, -0.15) is 0 Å². The van der Waals surface area contributed by atoms with Crippen LogP contribution in [0.2, 0.25) is 0 Å². The monoisotopic (exact) mass is 365 g/mol. The Hall–Kier alpha value is -2.56. The molecule has 2 fully saturated rings. The number of guanidine groups is 1. The first-order valence-corrected chi connectivity index (χ1v) is 9.84. The molecule has 27 heavy (non-hydrogen) atoms. The van der Waals surface area contributed by atoms with E-state index in [0.29, 0.717) is 5.92 Å². The predicted molar refractivity (Wildman–Crippen MR) is 107 cm³/mol. The molecule has 0 radical (unpaired) electrons. The Bertz CT molecular complexity index is 860. The Balaban J connectivity index is 1.55. The lowest BCUT2D eigenvalue weighted by Gasteiger charge is -2.32.